The average Bonchev–Trinajstić information content (AvgIpc) is 3.00. The van der Waals surface area contributed by atoms with Crippen LogP contribution in [0.1, 0.15) is 39.4 Å². The summed E-state index contributed by atoms with van der Waals surface area (Å²) in [7, 11) is -3.75. The van der Waals surface area contributed by atoms with E-state index in [1.54, 1.807) is 30.3 Å². The monoisotopic (exact) mass is 332 g/mol. The van der Waals surface area contributed by atoms with E-state index < -0.39 is 15.3 Å². The highest BCUT2D eigenvalue weighted by atomic mass is 32.2. The van der Waals surface area contributed by atoms with Gasteiger partial charge in [0.25, 0.3) is 0 Å². The summed E-state index contributed by atoms with van der Waals surface area (Å²) in [5.74, 6) is 0. The summed E-state index contributed by atoms with van der Waals surface area (Å²) >= 11 is 0. The molecule has 1 heterocycles. The molecular weight excluding hydrogens is 312 g/mol. The van der Waals surface area contributed by atoms with Crippen LogP contribution in [-0.2, 0) is 23.0 Å². The van der Waals surface area contributed by atoms with Crippen LogP contribution >= 0.6 is 0 Å². The Balaban J connectivity index is 2.52. The molecule has 23 heavy (non-hydrogen) atoms. The molecule has 2 aromatic rings. The number of rotatable bonds is 7. The van der Waals surface area contributed by atoms with E-state index in [0.29, 0.717) is 36.1 Å². The molecule has 1 unspecified atom stereocenters. The van der Waals surface area contributed by atoms with E-state index in [1.165, 1.54) is 16.2 Å². The third kappa shape index (κ3) is 3.28. The predicted molar refractivity (Wildman–Crippen MR) is 90.8 cm³/mol. The van der Waals surface area contributed by atoms with E-state index in [9.17, 15) is 13.2 Å². The van der Waals surface area contributed by atoms with E-state index >= 15 is 0 Å². The number of aldehydes is 1. The number of aromatic nitrogens is 1. The third-order valence-corrected chi connectivity index (χ3v) is 5.73. The van der Waals surface area contributed by atoms with Gasteiger partial charge in [0.15, 0.2) is 6.29 Å². The topological polar surface area (TPSA) is 82.2 Å². The molecule has 0 aliphatic carbocycles. The first-order valence-electron chi connectivity index (χ1n) is 7.30. The smallest absolute Gasteiger partial charge is 0.249 e. The molecule has 0 amide bonds. The molecule has 1 aromatic heterocycles. The predicted octanol–water partition coefficient (Wildman–Crippen LogP) is 2.43. The van der Waals surface area contributed by atoms with Gasteiger partial charge in [-0.15, -0.1) is 6.58 Å². The summed E-state index contributed by atoms with van der Waals surface area (Å²) in [5, 5.41) is -0.897. The lowest BCUT2D eigenvalue weighted by Crippen LogP contribution is -2.21. The first kappa shape index (κ1) is 17.2. The largest absolute Gasteiger partial charge is 0.326 e. The molecule has 0 bridgehead atoms. The molecule has 1 aromatic carbocycles. The molecular formula is C17H20N2O3S. The van der Waals surface area contributed by atoms with Gasteiger partial charge in [0.2, 0.25) is 10.0 Å². The number of carbonyl (C=O) groups excluding carboxylic acids is 1. The number of nitrogens with two attached hydrogens (primary N) is 1. The van der Waals surface area contributed by atoms with Gasteiger partial charge in [-0.1, -0.05) is 37.3 Å². The van der Waals surface area contributed by atoms with Crippen molar-refractivity contribution in [2.45, 2.75) is 25.1 Å². The second-order valence-electron chi connectivity index (χ2n) is 5.18. The van der Waals surface area contributed by atoms with Crippen LogP contribution in [0, 0.1) is 0 Å². The van der Waals surface area contributed by atoms with Crippen molar-refractivity contribution in [2.24, 2.45) is 5.73 Å². The second-order valence-corrected chi connectivity index (χ2v) is 7.11. The van der Waals surface area contributed by atoms with E-state index in [0.717, 1.165) is 5.56 Å². The molecule has 0 saturated carbocycles. The second kappa shape index (κ2) is 6.93. The van der Waals surface area contributed by atoms with Crippen LogP contribution < -0.4 is 5.73 Å². The Kier molecular flexibility index (Phi) is 5.18. The summed E-state index contributed by atoms with van der Waals surface area (Å²) in [5.41, 5.74) is 8.01. The molecule has 0 aliphatic rings. The van der Waals surface area contributed by atoms with Gasteiger partial charge in [-0.05, 0) is 23.6 Å². The molecule has 6 heteroatoms. The van der Waals surface area contributed by atoms with Gasteiger partial charge in [-0.2, -0.15) is 0 Å². The molecule has 5 nitrogen and oxygen atoms in total. The maximum absolute atomic E-state index is 13.0. The van der Waals surface area contributed by atoms with E-state index in [4.69, 9.17) is 5.73 Å². The lowest BCUT2D eigenvalue weighted by molar-refractivity contribution is 0.112. The molecule has 0 radical (unpaired) electrons. The zero-order chi connectivity index (χ0) is 17.0. The van der Waals surface area contributed by atoms with Crippen molar-refractivity contribution < 1.29 is 13.2 Å². The fraction of sp³-hybridized carbons (Fsp3) is 0.235. The van der Waals surface area contributed by atoms with Crippen LogP contribution in [0.3, 0.4) is 0 Å². The molecule has 2 N–H and O–H groups in total. The van der Waals surface area contributed by atoms with Crippen LogP contribution in [0.25, 0.3) is 0 Å². The van der Waals surface area contributed by atoms with E-state index in [2.05, 4.69) is 6.58 Å². The van der Waals surface area contributed by atoms with Gasteiger partial charge < -0.3 is 5.73 Å². The van der Waals surface area contributed by atoms with Gasteiger partial charge in [-0.3, -0.25) is 4.79 Å². The van der Waals surface area contributed by atoms with Crippen molar-refractivity contribution in [3.8, 4) is 0 Å². The van der Waals surface area contributed by atoms with E-state index in [1.807, 2.05) is 6.92 Å². The number of hydrogen-bond acceptors (Lipinski definition) is 4. The molecule has 0 aliphatic heterocycles. The minimum Gasteiger partial charge on any atom is -0.326 e. The first-order chi connectivity index (χ1) is 11.0. The standard InChI is InChI=1S/C17H20N2O3S/c1-3-16-9-14(12-20)11-19(16)23(21,22)17(4-2)15-7-5-13(10-18)6-8-15/h4-9,11-12,17H,2-3,10,18H2,1H3. The van der Waals surface area contributed by atoms with E-state index in [-0.39, 0.29) is 0 Å². The highest BCUT2D eigenvalue weighted by Gasteiger charge is 2.28. The Labute approximate surface area is 136 Å². The van der Waals surface area contributed by atoms with Crippen molar-refractivity contribution in [1.82, 2.24) is 3.97 Å². The number of hydrogen-bond donors (Lipinski definition) is 1. The third-order valence-electron chi connectivity index (χ3n) is 3.73. The maximum Gasteiger partial charge on any atom is 0.249 e. The van der Waals surface area contributed by atoms with Crippen LogP contribution in [-0.4, -0.2) is 18.7 Å². The van der Waals surface area contributed by atoms with Gasteiger partial charge in [0.1, 0.15) is 5.25 Å². The van der Waals surface area contributed by atoms with Gasteiger partial charge in [-0.25, -0.2) is 12.4 Å². The Bertz CT molecular complexity index is 805. The lowest BCUT2D eigenvalue weighted by Gasteiger charge is -2.17. The fourth-order valence-electron chi connectivity index (χ4n) is 2.47. The molecule has 1 atom stereocenters. The number of aryl methyl sites for hydroxylation is 1. The van der Waals surface area contributed by atoms with Gasteiger partial charge in [0.05, 0.1) is 0 Å². The molecule has 2 rings (SSSR count). The van der Waals surface area contributed by atoms with Crippen molar-refractivity contribution in [1.29, 1.82) is 0 Å². The quantitative estimate of drug-likeness (QED) is 0.623. The van der Waals surface area contributed by atoms with Crippen LogP contribution in [0.15, 0.2) is 49.2 Å². The maximum atomic E-state index is 13.0. The van der Waals surface area contributed by atoms with Crippen LogP contribution in [0.2, 0.25) is 0 Å². The summed E-state index contributed by atoms with van der Waals surface area (Å²) < 4.78 is 27.1. The first-order valence-corrected chi connectivity index (χ1v) is 8.80. The Hall–Kier alpha value is -2.18. The summed E-state index contributed by atoms with van der Waals surface area (Å²) in [6, 6.07) is 8.66. The Morgan fingerprint density at radius 1 is 1.30 bits per heavy atom. The molecule has 122 valence electrons. The van der Waals surface area contributed by atoms with Crippen molar-refractivity contribution in [3.05, 3.63) is 71.6 Å². The lowest BCUT2D eigenvalue weighted by atomic mass is 10.1. The Morgan fingerprint density at radius 3 is 2.43 bits per heavy atom. The number of benzene rings is 1. The average molecular weight is 332 g/mol. The normalized spacial score (nSPS) is 12.8. The molecule has 0 saturated heterocycles. The highest BCUT2D eigenvalue weighted by molar-refractivity contribution is 7.90. The summed E-state index contributed by atoms with van der Waals surface area (Å²) in [4.78, 5) is 11.0. The minimum absolute atomic E-state index is 0.340. The number of carbonyl (C=O) groups is 1. The fourth-order valence-corrected chi connectivity index (χ4v) is 4.23. The summed E-state index contributed by atoms with van der Waals surface area (Å²) in [6.45, 7) is 5.90. The summed E-state index contributed by atoms with van der Waals surface area (Å²) in [6.07, 6.45) is 3.89. The zero-order valence-electron chi connectivity index (χ0n) is 13.0. The SMILES string of the molecule is C=CC(c1ccc(CN)cc1)S(=O)(=O)n1cc(C=O)cc1CC. The zero-order valence-corrected chi connectivity index (χ0v) is 13.8. The van der Waals surface area contributed by atoms with Crippen molar-refractivity contribution in [2.75, 3.05) is 0 Å². The van der Waals surface area contributed by atoms with Gasteiger partial charge >= 0.3 is 0 Å². The molecule has 0 fully saturated rings. The number of nitrogens with zero attached hydrogens (tertiary/aromatic N) is 1. The van der Waals surface area contributed by atoms with Gasteiger partial charge in [0, 0.05) is 24.0 Å². The van der Waals surface area contributed by atoms with Crippen molar-refractivity contribution in [3.63, 3.8) is 0 Å². The van der Waals surface area contributed by atoms with Crippen molar-refractivity contribution >= 4 is 16.3 Å². The van der Waals surface area contributed by atoms with Crippen LogP contribution in [0.5, 0.6) is 0 Å². The van der Waals surface area contributed by atoms with Crippen LogP contribution in [0.4, 0.5) is 0 Å². The minimum atomic E-state index is -3.75. The highest BCUT2D eigenvalue weighted by Crippen LogP contribution is 2.28. The molecule has 0 spiro atoms. The Morgan fingerprint density at radius 2 is 1.96 bits per heavy atom.